The number of aromatic nitrogens is 1. The fourth-order valence-corrected chi connectivity index (χ4v) is 5.74. The molecule has 0 N–H and O–H groups in total. The lowest BCUT2D eigenvalue weighted by atomic mass is 10.2. The normalized spacial score (nSPS) is 23.4. The van der Waals surface area contributed by atoms with Crippen LogP contribution in [0.3, 0.4) is 0 Å². The highest BCUT2D eigenvalue weighted by Gasteiger charge is 2.28. The fraction of sp³-hybridized carbons (Fsp3) is 0.737. The van der Waals surface area contributed by atoms with Gasteiger partial charge in [-0.3, -0.25) is 4.90 Å². The molecule has 0 aromatic carbocycles. The number of morpholine rings is 1. The SMILES string of the molecule is CC(C)CN1CCOC(CSc2ccc(S(=O)(=O)N3CCN(C)CC3)cn2)C1. The van der Waals surface area contributed by atoms with E-state index >= 15 is 0 Å². The molecule has 28 heavy (non-hydrogen) atoms. The predicted molar refractivity (Wildman–Crippen MR) is 112 cm³/mol. The summed E-state index contributed by atoms with van der Waals surface area (Å²) in [5.41, 5.74) is 0. The second-order valence-corrected chi connectivity index (χ2v) is 11.0. The van der Waals surface area contributed by atoms with E-state index in [1.165, 1.54) is 6.20 Å². The number of hydrogen-bond donors (Lipinski definition) is 0. The average Bonchev–Trinajstić information content (AvgIpc) is 2.67. The molecule has 9 heteroatoms. The summed E-state index contributed by atoms with van der Waals surface area (Å²) < 4.78 is 33.0. The first kappa shape index (κ1) is 22.0. The Morgan fingerprint density at radius 2 is 1.96 bits per heavy atom. The molecule has 0 spiro atoms. The van der Waals surface area contributed by atoms with Crippen molar-refractivity contribution in [3.8, 4) is 0 Å². The molecule has 2 aliphatic heterocycles. The summed E-state index contributed by atoms with van der Waals surface area (Å²) in [4.78, 5) is 9.26. The van der Waals surface area contributed by atoms with Gasteiger partial charge in [-0.2, -0.15) is 4.31 Å². The first-order valence-electron chi connectivity index (χ1n) is 9.96. The maximum atomic E-state index is 12.8. The Balaban J connectivity index is 1.53. The lowest BCUT2D eigenvalue weighted by molar-refractivity contribution is -0.0191. The minimum Gasteiger partial charge on any atom is -0.375 e. The van der Waals surface area contributed by atoms with Gasteiger partial charge in [0.25, 0.3) is 0 Å². The molecule has 3 heterocycles. The van der Waals surface area contributed by atoms with Gasteiger partial charge in [0.05, 0.1) is 17.7 Å². The van der Waals surface area contributed by atoms with Gasteiger partial charge >= 0.3 is 0 Å². The van der Waals surface area contributed by atoms with Gasteiger partial charge in [0, 0.05) is 57.8 Å². The van der Waals surface area contributed by atoms with Crippen molar-refractivity contribution in [1.29, 1.82) is 0 Å². The summed E-state index contributed by atoms with van der Waals surface area (Å²) in [6.45, 7) is 10.9. The third-order valence-corrected chi connectivity index (χ3v) is 8.03. The number of pyridine rings is 1. The van der Waals surface area contributed by atoms with Crippen molar-refractivity contribution in [2.75, 3.05) is 65.2 Å². The summed E-state index contributed by atoms with van der Waals surface area (Å²) in [7, 11) is -1.44. The van der Waals surface area contributed by atoms with Crippen LogP contribution < -0.4 is 0 Å². The van der Waals surface area contributed by atoms with Crippen molar-refractivity contribution in [3.05, 3.63) is 18.3 Å². The van der Waals surface area contributed by atoms with Gasteiger partial charge in [-0.15, -0.1) is 11.8 Å². The topological polar surface area (TPSA) is 66.0 Å². The molecule has 2 aliphatic rings. The van der Waals surface area contributed by atoms with Crippen LogP contribution in [0.5, 0.6) is 0 Å². The number of ether oxygens (including phenoxy) is 1. The van der Waals surface area contributed by atoms with Gasteiger partial charge in [0.15, 0.2) is 0 Å². The first-order valence-corrected chi connectivity index (χ1v) is 12.4. The average molecular weight is 429 g/mol. The highest BCUT2D eigenvalue weighted by molar-refractivity contribution is 7.99. The van der Waals surface area contributed by atoms with E-state index in [0.29, 0.717) is 19.0 Å². The summed E-state index contributed by atoms with van der Waals surface area (Å²) in [6.07, 6.45) is 1.68. The monoisotopic (exact) mass is 428 g/mol. The summed E-state index contributed by atoms with van der Waals surface area (Å²) in [5.74, 6) is 1.48. The van der Waals surface area contributed by atoms with Crippen LogP contribution in [0.1, 0.15) is 13.8 Å². The molecule has 1 atom stereocenters. The highest BCUT2D eigenvalue weighted by Crippen LogP contribution is 2.22. The van der Waals surface area contributed by atoms with Crippen LogP contribution in [0, 0.1) is 5.92 Å². The van der Waals surface area contributed by atoms with Crippen molar-refractivity contribution in [3.63, 3.8) is 0 Å². The Morgan fingerprint density at radius 1 is 1.21 bits per heavy atom. The van der Waals surface area contributed by atoms with Gasteiger partial charge in [0.1, 0.15) is 4.90 Å². The van der Waals surface area contributed by atoms with E-state index in [1.807, 2.05) is 13.1 Å². The number of nitrogens with zero attached hydrogens (tertiary/aromatic N) is 4. The summed E-state index contributed by atoms with van der Waals surface area (Å²) >= 11 is 1.63. The Hall–Kier alpha value is -0.710. The predicted octanol–water partition coefficient (Wildman–Crippen LogP) is 1.47. The van der Waals surface area contributed by atoms with Crippen LogP contribution in [0.4, 0.5) is 0 Å². The second-order valence-electron chi connectivity index (χ2n) is 8.00. The minimum atomic E-state index is -3.45. The van der Waals surface area contributed by atoms with Gasteiger partial charge < -0.3 is 9.64 Å². The lowest BCUT2D eigenvalue weighted by Crippen LogP contribution is -2.47. The standard InChI is InChI=1S/C19H32N4O3S2/c1-16(2)13-22-10-11-26-17(14-22)15-27-19-5-4-18(12-20-19)28(24,25)23-8-6-21(3)7-9-23/h4-5,12,16-17H,6-11,13-15H2,1-3H3. The molecule has 1 aromatic rings. The zero-order valence-corrected chi connectivity index (χ0v) is 18.7. The number of likely N-dealkylation sites (N-methyl/N-ethyl adjacent to an activating group) is 1. The number of rotatable bonds is 7. The van der Waals surface area contributed by atoms with E-state index in [4.69, 9.17) is 4.74 Å². The first-order chi connectivity index (χ1) is 13.3. The van der Waals surface area contributed by atoms with Gasteiger partial charge in [0.2, 0.25) is 10.0 Å². The van der Waals surface area contributed by atoms with Crippen LogP contribution in [-0.2, 0) is 14.8 Å². The van der Waals surface area contributed by atoms with E-state index in [0.717, 1.165) is 50.1 Å². The maximum absolute atomic E-state index is 12.8. The largest absolute Gasteiger partial charge is 0.375 e. The smallest absolute Gasteiger partial charge is 0.244 e. The van der Waals surface area contributed by atoms with Gasteiger partial charge in [-0.25, -0.2) is 13.4 Å². The fourth-order valence-electron chi connectivity index (χ4n) is 3.52. The van der Waals surface area contributed by atoms with E-state index in [2.05, 4.69) is 28.6 Å². The van der Waals surface area contributed by atoms with Crippen LogP contribution in [-0.4, -0.2) is 98.8 Å². The lowest BCUT2D eigenvalue weighted by Gasteiger charge is -2.33. The van der Waals surface area contributed by atoms with Crippen molar-refractivity contribution >= 4 is 21.8 Å². The molecule has 0 amide bonds. The molecule has 0 radical (unpaired) electrons. The molecular formula is C19H32N4O3S2. The third kappa shape index (κ3) is 5.90. The molecule has 2 fully saturated rings. The molecule has 1 unspecified atom stereocenters. The zero-order chi connectivity index (χ0) is 20.1. The molecular weight excluding hydrogens is 396 g/mol. The minimum absolute atomic E-state index is 0.188. The Bertz CT molecular complexity index is 719. The van der Waals surface area contributed by atoms with Crippen LogP contribution >= 0.6 is 11.8 Å². The summed E-state index contributed by atoms with van der Waals surface area (Å²) in [6, 6.07) is 3.48. The number of thioether (sulfide) groups is 1. The molecule has 0 aliphatic carbocycles. The van der Waals surface area contributed by atoms with Crippen LogP contribution in [0.25, 0.3) is 0 Å². The van der Waals surface area contributed by atoms with E-state index in [9.17, 15) is 8.42 Å². The Labute approximate surface area is 173 Å². The zero-order valence-electron chi connectivity index (χ0n) is 17.1. The maximum Gasteiger partial charge on any atom is 0.244 e. The van der Waals surface area contributed by atoms with Crippen molar-refractivity contribution < 1.29 is 13.2 Å². The van der Waals surface area contributed by atoms with Crippen LogP contribution in [0.15, 0.2) is 28.3 Å². The van der Waals surface area contributed by atoms with E-state index in [-0.39, 0.29) is 11.0 Å². The molecule has 0 bridgehead atoms. The molecule has 158 valence electrons. The highest BCUT2D eigenvalue weighted by atomic mass is 32.2. The van der Waals surface area contributed by atoms with Crippen molar-refractivity contribution in [1.82, 2.24) is 19.1 Å². The summed E-state index contributed by atoms with van der Waals surface area (Å²) in [5, 5.41) is 0.835. The van der Waals surface area contributed by atoms with Crippen LogP contribution in [0.2, 0.25) is 0 Å². The van der Waals surface area contributed by atoms with Gasteiger partial charge in [-0.05, 0) is 25.1 Å². The third-order valence-electron chi connectivity index (χ3n) is 5.07. The number of piperazine rings is 1. The number of sulfonamides is 1. The molecule has 2 saturated heterocycles. The molecule has 0 saturated carbocycles. The Kier molecular flexibility index (Phi) is 7.74. The molecule has 7 nitrogen and oxygen atoms in total. The molecule has 1 aromatic heterocycles. The van der Waals surface area contributed by atoms with Gasteiger partial charge in [-0.1, -0.05) is 13.8 Å². The Morgan fingerprint density at radius 3 is 2.61 bits per heavy atom. The van der Waals surface area contributed by atoms with Crippen molar-refractivity contribution in [2.24, 2.45) is 5.92 Å². The second kappa shape index (κ2) is 9.86. The van der Waals surface area contributed by atoms with E-state index in [1.54, 1.807) is 22.1 Å². The van der Waals surface area contributed by atoms with Crippen molar-refractivity contribution in [2.45, 2.75) is 29.9 Å². The molecule has 3 rings (SSSR count). The van der Waals surface area contributed by atoms with E-state index < -0.39 is 10.0 Å². The quantitative estimate of drug-likeness (QED) is 0.609. The number of hydrogen-bond acceptors (Lipinski definition) is 7.